The van der Waals surface area contributed by atoms with Crippen molar-refractivity contribution in [2.24, 2.45) is 5.73 Å². The number of carbonyl (C=O) groups excluding carboxylic acids is 3. The van der Waals surface area contributed by atoms with Gasteiger partial charge in [-0.3, -0.25) is 19.3 Å². The number of benzene rings is 1. The highest BCUT2D eigenvalue weighted by Crippen LogP contribution is 2.12. The maximum absolute atomic E-state index is 12.9. The van der Waals surface area contributed by atoms with E-state index in [0.717, 1.165) is 24.1 Å². The SMILES string of the molecule is NC(=O)C(=O)c1nnc2ccc(C(=O)N3CCN(Cc4ccccc4)CC3)nn12. The molecule has 1 aliphatic rings. The van der Waals surface area contributed by atoms with Gasteiger partial charge in [0, 0.05) is 32.7 Å². The van der Waals surface area contributed by atoms with Crippen LogP contribution in [0.2, 0.25) is 0 Å². The Hall–Kier alpha value is -3.66. The average molecular weight is 393 g/mol. The molecule has 3 heterocycles. The van der Waals surface area contributed by atoms with Gasteiger partial charge in [-0.25, -0.2) is 0 Å². The second kappa shape index (κ2) is 7.76. The summed E-state index contributed by atoms with van der Waals surface area (Å²) in [5.41, 5.74) is 6.65. The fourth-order valence-corrected chi connectivity index (χ4v) is 3.27. The predicted octanol–water partition coefficient (Wildman–Crippen LogP) is -0.250. The van der Waals surface area contributed by atoms with Gasteiger partial charge in [0.2, 0.25) is 5.82 Å². The predicted molar refractivity (Wildman–Crippen MR) is 102 cm³/mol. The molecule has 0 atom stereocenters. The number of rotatable bonds is 5. The molecule has 2 amide bonds. The lowest BCUT2D eigenvalue weighted by molar-refractivity contribution is -0.114. The highest BCUT2D eigenvalue weighted by Gasteiger charge is 2.25. The Balaban J connectivity index is 1.46. The smallest absolute Gasteiger partial charge is 0.293 e. The van der Waals surface area contributed by atoms with Crippen LogP contribution in [0.4, 0.5) is 0 Å². The first-order valence-corrected chi connectivity index (χ1v) is 9.15. The molecule has 1 fully saturated rings. The molecule has 0 unspecified atom stereocenters. The van der Waals surface area contributed by atoms with Crippen molar-refractivity contribution in [1.82, 2.24) is 29.6 Å². The number of hydrogen-bond donors (Lipinski definition) is 1. The summed E-state index contributed by atoms with van der Waals surface area (Å²) in [6.07, 6.45) is 0. The van der Waals surface area contributed by atoms with E-state index >= 15 is 0 Å². The van der Waals surface area contributed by atoms with Gasteiger partial charge in [-0.05, 0) is 17.7 Å². The molecular formula is C19H19N7O3. The maximum Gasteiger partial charge on any atom is 0.293 e. The number of piperazine rings is 1. The summed E-state index contributed by atoms with van der Waals surface area (Å²) in [7, 11) is 0. The van der Waals surface area contributed by atoms with Crippen LogP contribution in [0.3, 0.4) is 0 Å². The topological polar surface area (TPSA) is 127 Å². The first-order valence-electron chi connectivity index (χ1n) is 9.15. The molecule has 1 aromatic carbocycles. The summed E-state index contributed by atoms with van der Waals surface area (Å²) in [6, 6.07) is 13.2. The van der Waals surface area contributed by atoms with Gasteiger partial charge < -0.3 is 10.6 Å². The lowest BCUT2D eigenvalue weighted by Crippen LogP contribution is -2.48. The summed E-state index contributed by atoms with van der Waals surface area (Å²) in [6.45, 7) is 3.48. The van der Waals surface area contributed by atoms with E-state index in [2.05, 4.69) is 32.3 Å². The van der Waals surface area contributed by atoms with Crippen LogP contribution in [0.1, 0.15) is 26.7 Å². The number of Topliss-reactive ketones (excluding diaryl/α,β-unsaturated/α-hetero) is 1. The van der Waals surface area contributed by atoms with Crippen LogP contribution >= 0.6 is 0 Å². The number of nitrogens with zero attached hydrogens (tertiary/aromatic N) is 6. The lowest BCUT2D eigenvalue weighted by Gasteiger charge is -2.34. The van der Waals surface area contributed by atoms with Gasteiger partial charge >= 0.3 is 0 Å². The van der Waals surface area contributed by atoms with Crippen molar-refractivity contribution in [1.29, 1.82) is 0 Å². The van der Waals surface area contributed by atoms with Crippen LogP contribution in [0.5, 0.6) is 0 Å². The van der Waals surface area contributed by atoms with Gasteiger partial charge in [-0.15, -0.1) is 10.2 Å². The van der Waals surface area contributed by atoms with Crippen LogP contribution in [-0.4, -0.2) is 73.4 Å². The molecule has 0 saturated carbocycles. The van der Waals surface area contributed by atoms with E-state index in [4.69, 9.17) is 5.73 Å². The summed E-state index contributed by atoms with van der Waals surface area (Å²) >= 11 is 0. The number of primary amides is 1. The van der Waals surface area contributed by atoms with Gasteiger partial charge in [0.1, 0.15) is 5.69 Å². The minimum atomic E-state index is -1.16. The quantitative estimate of drug-likeness (QED) is 0.468. The minimum absolute atomic E-state index is 0.146. The van der Waals surface area contributed by atoms with Crippen molar-refractivity contribution >= 4 is 23.2 Å². The number of amides is 2. The van der Waals surface area contributed by atoms with Gasteiger partial charge in [-0.1, -0.05) is 30.3 Å². The second-order valence-electron chi connectivity index (χ2n) is 6.76. The molecule has 0 spiro atoms. The fourth-order valence-electron chi connectivity index (χ4n) is 3.27. The second-order valence-corrected chi connectivity index (χ2v) is 6.76. The van der Waals surface area contributed by atoms with E-state index in [1.807, 2.05) is 18.2 Å². The Morgan fingerprint density at radius 1 is 0.931 bits per heavy atom. The van der Waals surface area contributed by atoms with Gasteiger partial charge in [0.25, 0.3) is 17.6 Å². The molecule has 2 aromatic heterocycles. The van der Waals surface area contributed by atoms with E-state index < -0.39 is 11.7 Å². The number of ketones is 1. The fraction of sp³-hybridized carbons (Fsp3) is 0.263. The molecule has 4 rings (SSSR count). The number of fused-ring (bicyclic) bond motifs is 1. The summed E-state index contributed by atoms with van der Waals surface area (Å²) in [5, 5.41) is 11.6. The Bertz CT molecular complexity index is 1070. The Kier molecular flexibility index (Phi) is 5.00. The molecule has 10 nitrogen and oxygen atoms in total. The van der Waals surface area contributed by atoms with E-state index in [0.29, 0.717) is 13.1 Å². The summed E-state index contributed by atoms with van der Waals surface area (Å²) < 4.78 is 1.08. The standard InChI is InChI=1S/C19H19N7O3/c20-17(28)16(27)18-22-21-15-7-6-14(23-26(15)18)19(29)25-10-8-24(9-11-25)12-13-4-2-1-3-5-13/h1-7H,8-12H2,(H2,20,28). The zero-order valence-electron chi connectivity index (χ0n) is 15.6. The first-order chi connectivity index (χ1) is 14.0. The molecule has 148 valence electrons. The average Bonchev–Trinajstić information content (AvgIpc) is 3.17. The zero-order chi connectivity index (χ0) is 20.4. The van der Waals surface area contributed by atoms with Crippen molar-refractivity contribution in [3.63, 3.8) is 0 Å². The lowest BCUT2D eigenvalue weighted by atomic mass is 10.2. The largest absolute Gasteiger partial charge is 0.363 e. The molecule has 2 N–H and O–H groups in total. The van der Waals surface area contributed by atoms with Gasteiger partial charge in [0.05, 0.1) is 0 Å². The number of carbonyl (C=O) groups is 3. The third-order valence-electron chi connectivity index (χ3n) is 4.82. The van der Waals surface area contributed by atoms with Crippen LogP contribution in [-0.2, 0) is 11.3 Å². The number of aromatic nitrogens is 4. The van der Waals surface area contributed by atoms with Crippen LogP contribution in [0.25, 0.3) is 5.65 Å². The first kappa shape index (κ1) is 18.7. The molecule has 0 radical (unpaired) electrons. The van der Waals surface area contributed by atoms with E-state index in [1.54, 1.807) is 4.90 Å². The highest BCUT2D eigenvalue weighted by atomic mass is 16.2. The van der Waals surface area contributed by atoms with Crippen molar-refractivity contribution in [3.8, 4) is 0 Å². The molecular weight excluding hydrogens is 374 g/mol. The van der Waals surface area contributed by atoms with Crippen LogP contribution in [0, 0.1) is 0 Å². The molecule has 1 saturated heterocycles. The van der Waals surface area contributed by atoms with E-state index in [-0.39, 0.29) is 23.1 Å². The monoisotopic (exact) mass is 393 g/mol. The van der Waals surface area contributed by atoms with Crippen molar-refractivity contribution in [2.75, 3.05) is 26.2 Å². The van der Waals surface area contributed by atoms with Crippen molar-refractivity contribution in [2.45, 2.75) is 6.54 Å². The van der Waals surface area contributed by atoms with E-state index in [9.17, 15) is 14.4 Å². The Labute approximate surface area is 165 Å². The van der Waals surface area contributed by atoms with Crippen molar-refractivity contribution in [3.05, 3.63) is 59.5 Å². The Morgan fingerprint density at radius 3 is 2.34 bits per heavy atom. The van der Waals surface area contributed by atoms with Crippen LogP contribution in [0.15, 0.2) is 42.5 Å². The normalized spacial score (nSPS) is 14.8. The minimum Gasteiger partial charge on any atom is -0.363 e. The van der Waals surface area contributed by atoms with Gasteiger partial charge in [-0.2, -0.15) is 9.61 Å². The number of nitrogens with two attached hydrogens (primary N) is 1. The molecule has 10 heteroatoms. The Morgan fingerprint density at radius 2 is 1.66 bits per heavy atom. The molecule has 29 heavy (non-hydrogen) atoms. The molecule has 3 aromatic rings. The molecule has 0 aliphatic carbocycles. The van der Waals surface area contributed by atoms with Gasteiger partial charge in [0.15, 0.2) is 5.65 Å². The molecule has 0 bridgehead atoms. The maximum atomic E-state index is 12.9. The third kappa shape index (κ3) is 3.83. The summed E-state index contributed by atoms with van der Waals surface area (Å²) in [4.78, 5) is 39.9. The van der Waals surface area contributed by atoms with Crippen molar-refractivity contribution < 1.29 is 14.4 Å². The third-order valence-corrected chi connectivity index (χ3v) is 4.82. The number of hydrogen-bond acceptors (Lipinski definition) is 7. The van der Waals surface area contributed by atoms with E-state index in [1.165, 1.54) is 17.7 Å². The highest BCUT2D eigenvalue weighted by molar-refractivity contribution is 6.41. The molecule has 1 aliphatic heterocycles. The summed E-state index contributed by atoms with van der Waals surface area (Å²) in [5.74, 6) is -2.73. The zero-order valence-corrected chi connectivity index (χ0v) is 15.6. The van der Waals surface area contributed by atoms with Crippen LogP contribution < -0.4 is 5.73 Å².